The van der Waals surface area contributed by atoms with Gasteiger partial charge in [0.2, 0.25) is 5.91 Å². The number of ketones is 1. The van der Waals surface area contributed by atoms with Crippen LogP contribution in [0.1, 0.15) is 44.8 Å². The largest absolute Gasteiger partial charge is 0.467 e. The van der Waals surface area contributed by atoms with Crippen LogP contribution >= 0.6 is 0 Å². The summed E-state index contributed by atoms with van der Waals surface area (Å²) < 4.78 is 5.13. The van der Waals surface area contributed by atoms with Crippen LogP contribution in [0.2, 0.25) is 0 Å². The van der Waals surface area contributed by atoms with Gasteiger partial charge in [0.25, 0.3) is 5.91 Å². The van der Waals surface area contributed by atoms with Crippen LogP contribution in [0, 0.1) is 13.8 Å². The molecule has 2 heterocycles. The minimum Gasteiger partial charge on any atom is -0.467 e. The monoisotopic (exact) mass is 331 g/mol. The lowest BCUT2D eigenvalue weighted by molar-refractivity contribution is -0.121. The zero-order valence-electron chi connectivity index (χ0n) is 14.2. The number of likely N-dealkylation sites (N-methyl/N-ethyl adjacent to an activating group) is 1. The summed E-state index contributed by atoms with van der Waals surface area (Å²) in [5.41, 5.74) is 2.11. The van der Waals surface area contributed by atoms with Gasteiger partial charge in [-0.25, -0.2) is 0 Å². The van der Waals surface area contributed by atoms with E-state index in [4.69, 9.17) is 4.42 Å². The molecule has 0 aliphatic carbocycles. The van der Waals surface area contributed by atoms with Crippen LogP contribution < -0.4 is 5.32 Å². The highest BCUT2D eigenvalue weighted by Gasteiger charge is 2.23. The maximum atomic E-state index is 12.5. The van der Waals surface area contributed by atoms with E-state index in [1.54, 1.807) is 26.0 Å². The Hall–Kier alpha value is -2.83. The first kappa shape index (κ1) is 17.5. The van der Waals surface area contributed by atoms with Crippen molar-refractivity contribution in [3.05, 3.63) is 46.7 Å². The van der Waals surface area contributed by atoms with Gasteiger partial charge in [0.05, 0.1) is 19.4 Å². The number of hydrogen-bond acceptors (Lipinski definition) is 4. The molecule has 2 rings (SSSR count). The lowest BCUT2D eigenvalue weighted by Gasteiger charge is -2.16. The molecule has 0 spiro atoms. The topological polar surface area (TPSA) is 95.4 Å². The number of rotatable bonds is 6. The van der Waals surface area contributed by atoms with Crippen molar-refractivity contribution in [2.75, 3.05) is 13.6 Å². The minimum atomic E-state index is -0.337. The van der Waals surface area contributed by atoms with E-state index in [-0.39, 0.29) is 30.7 Å². The van der Waals surface area contributed by atoms with E-state index in [0.717, 1.165) is 0 Å². The molecule has 2 amide bonds. The summed E-state index contributed by atoms with van der Waals surface area (Å²) in [6.07, 6.45) is 1.53. The van der Waals surface area contributed by atoms with Crippen molar-refractivity contribution in [1.82, 2.24) is 15.2 Å². The summed E-state index contributed by atoms with van der Waals surface area (Å²) >= 11 is 0. The van der Waals surface area contributed by atoms with Gasteiger partial charge in [-0.2, -0.15) is 0 Å². The van der Waals surface area contributed by atoms with Crippen molar-refractivity contribution >= 4 is 17.6 Å². The molecule has 0 saturated heterocycles. The van der Waals surface area contributed by atoms with E-state index in [0.29, 0.717) is 28.3 Å². The number of aromatic nitrogens is 1. The van der Waals surface area contributed by atoms with Gasteiger partial charge in [-0.15, -0.1) is 0 Å². The summed E-state index contributed by atoms with van der Waals surface area (Å²) in [6.45, 7) is 5.10. The fourth-order valence-corrected chi connectivity index (χ4v) is 2.62. The van der Waals surface area contributed by atoms with Gasteiger partial charge in [0.1, 0.15) is 11.5 Å². The van der Waals surface area contributed by atoms with Crippen molar-refractivity contribution in [3.63, 3.8) is 0 Å². The van der Waals surface area contributed by atoms with Crippen LogP contribution in [0.15, 0.2) is 22.8 Å². The average Bonchev–Trinajstić information content (AvgIpc) is 3.12. The first-order valence-electron chi connectivity index (χ1n) is 7.56. The van der Waals surface area contributed by atoms with Crippen LogP contribution in [0.3, 0.4) is 0 Å². The lowest BCUT2D eigenvalue weighted by atomic mass is 10.1. The normalized spacial score (nSPS) is 10.5. The van der Waals surface area contributed by atoms with Crippen molar-refractivity contribution in [2.45, 2.75) is 27.3 Å². The predicted octanol–water partition coefficient (Wildman–Crippen LogP) is 1.82. The Morgan fingerprint density at radius 3 is 2.54 bits per heavy atom. The number of aryl methyl sites for hydroxylation is 1. The third-order valence-corrected chi connectivity index (χ3v) is 3.77. The van der Waals surface area contributed by atoms with E-state index >= 15 is 0 Å². The van der Waals surface area contributed by atoms with Crippen molar-refractivity contribution in [2.24, 2.45) is 0 Å². The van der Waals surface area contributed by atoms with E-state index < -0.39 is 0 Å². The van der Waals surface area contributed by atoms with Crippen LogP contribution in [0.4, 0.5) is 0 Å². The Bertz CT molecular complexity index is 759. The molecule has 2 N–H and O–H groups in total. The van der Waals surface area contributed by atoms with Gasteiger partial charge >= 0.3 is 0 Å². The van der Waals surface area contributed by atoms with E-state index in [2.05, 4.69) is 10.3 Å². The summed E-state index contributed by atoms with van der Waals surface area (Å²) in [6, 6.07) is 3.49. The molecule has 0 radical (unpaired) electrons. The number of Topliss-reactive ketones (excluding diaryl/α,β-unsaturated/α-hetero) is 1. The number of hydrogen-bond donors (Lipinski definition) is 2. The third kappa shape index (κ3) is 3.73. The van der Waals surface area contributed by atoms with Crippen LogP contribution in [0.5, 0.6) is 0 Å². The van der Waals surface area contributed by atoms with Crippen LogP contribution in [-0.4, -0.2) is 41.1 Å². The molecule has 7 heteroatoms. The number of H-pyrrole nitrogens is 1. The molecule has 0 unspecified atom stereocenters. The summed E-state index contributed by atoms with van der Waals surface area (Å²) in [7, 11) is 1.54. The second-order valence-electron chi connectivity index (χ2n) is 5.70. The Morgan fingerprint density at radius 1 is 1.29 bits per heavy atom. The zero-order valence-corrected chi connectivity index (χ0v) is 14.2. The molecular weight excluding hydrogens is 310 g/mol. The Morgan fingerprint density at radius 2 is 2.00 bits per heavy atom. The molecule has 24 heavy (non-hydrogen) atoms. The first-order chi connectivity index (χ1) is 11.3. The predicted molar refractivity (Wildman–Crippen MR) is 87.8 cm³/mol. The van der Waals surface area contributed by atoms with Gasteiger partial charge in [0.15, 0.2) is 5.78 Å². The molecule has 0 bridgehead atoms. The fraction of sp³-hybridized carbons (Fsp3) is 0.353. The summed E-state index contributed by atoms with van der Waals surface area (Å²) in [4.78, 5) is 40.3. The van der Waals surface area contributed by atoms with E-state index in [1.165, 1.54) is 25.1 Å². The number of nitrogens with zero attached hydrogens (tertiary/aromatic N) is 1. The molecule has 7 nitrogen and oxygen atoms in total. The summed E-state index contributed by atoms with van der Waals surface area (Å²) in [5.74, 6) is -0.0929. The molecule has 0 aliphatic rings. The fourth-order valence-electron chi connectivity index (χ4n) is 2.62. The van der Waals surface area contributed by atoms with Crippen molar-refractivity contribution in [1.29, 1.82) is 0 Å². The smallest absolute Gasteiger partial charge is 0.270 e. The maximum Gasteiger partial charge on any atom is 0.270 e. The second kappa shape index (κ2) is 7.16. The standard InChI is InChI=1S/C17H21N3O4/c1-10-15(12(3)21)11(2)19-16(10)17(23)20(4)9-14(22)18-8-13-6-5-7-24-13/h5-7,19H,8-9H2,1-4H3,(H,18,22). The number of nitrogens with one attached hydrogen (secondary N) is 2. The number of amides is 2. The third-order valence-electron chi connectivity index (χ3n) is 3.77. The van der Waals surface area contributed by atoms with Crippen LogP contribution in [-0.2, 0) is 11.3 Å². The zero-order chi connectivity index (χ0) is 17.9. The quantitative estimate of drug-likeness (QED) is 0.789. The lowest BCUT2D eigenvalue weighted by Crippen LogP contribution is -2.38. The van der Waals surface area contributed by atoms with E-state index in [9.17, 15) is 14.4 Å². The molecule has 0 aromatic carbocycles. The van der Waals surface area contributed by atoms with Gasteiger partial charge in [-0.1, -0.05) is 0 Å². The van der Waals surface area contributed by atoms with Gasteiger partial charge in [0, 0.05) is 18.3 Å². The maximum absolute atomic E-state index is 12.5. The number of furan rings is 1. The highest BCUT2D eigenvalue weighted by molar-refractivity contribution is 6.03. The van der Waals surface area contributed by atoms with Crippen LogP contribution in [0.25, 0.3) is 0 Å². The minimum absolute atomic E-state index is 0.0908. The van der Waals surface area contributed by atoms with Crippen molar-refractivity contribution < 1.29 is 18.8 Å². The molecular formula is C17H21N3O4. The van der Waals surface area contributed by atoms with Gasteiger partial charge < -0.3 is 19.6 Å². The first-order valence-corrected chi connectivity index (χ1v) is 7.56. The highest BCUT2D eigenvalue weighted by atomic mass is 16.3. The molecule has 0 atom stereocenters. The number of aromatic amines is 1. The van der Waals surface area contributed by atoms with Gasteiger partial charge in [-0.3, -0.25) is 14.4 Å². The van der Waals surface area contributed by atoms with Crippen molar-refractivity contribution in [3.8, 4) is 0 Å². The molecule has 2 aromatic rings. The Labute approximate surface area is 140 Å². The molecule has 0 aliphatic heterocycles. The highest BCUT2D eigenvalue weighted by Crippen LogP contribution is 2.19. The summed E-state index contributed by atoms with van der Waals surface area (Å²) in [5, 5.41) is 2.68. The molecule has 128 valence electrons. The Balaban J connectivity index is 2.00. The molecule has 0 saturated carbocycles. The molecule has 0 fully saturated rings. The molecule has 2 aromatic heterocycles. The second-order valence-corrected chi connectivity index (χ2v) is 5.70. The van der Waals surface area contributed by atoms with Gasteiger partial charge in [-0.05, 0) is 38.5 Å². The average molecular weight is 331 g/mol. The Kier molecular flexibility index (Phi) is 5.23. The number of carbonyl (C=O) groups excluding carboxylic acids is 3. The number of carbonyl (C=O) groups is 3. The SMILES string of the molecule is CC(=O)c1c(C)[nH]c(C(=O)N(C)CC(=O)NCc2ccco2)c1C. The van der Waals surface area contributed by atoms with E-state index in [1.807, 2.05) is 0 Å².